The standard InChI is InChI=1S/C12H9FN2O4/c13-8-1-3-9(4-2-8)15-11(18)7(5-10(16)17)6-14-12(15)19/h1-4,6H,5H2,(H,14,19)(H,16,17). The average molecular weight is 264 g/mol. The van der Waals surface area contributed by atoms with Crippen molar-refractivity contribution in [3.8, 4) is 5.69 Å². The molecule has 0 aliphatic carbocycles. The number of rotatable bonds is 3. The summed E-state index contributed by atoms with van der Waals surface area (Å²) < 4.78 is 13.6. The summed E-state index contributed by atoms with van der Waals surface area (Å²) in [6.07, 6.45) is 0.565. The molecule has 19 heavy (non-hydrogen) atoms. The second-order valence-corrected chi connectivity index (χ2v) is 3.81. The molecule has 0 spiro atoms. The van der Waals surface area contributed by atoms with Gasteiger partial charge < -0.3 is 10.1 Å². The molecular formula is C12H9FN2O4. The lowest BCUT2D eigenvalue weighted by molar-refractivity contribution is -0.136. The summed E-state index contributed by atoms with van der Waals surface area (Å²) in [5.41, 5.74) is -1.35. The smallest absolute Gasteiger partial charge is 0.332 e. The molecule has 0 aliphatic rings. The van der Waals surface area contributed by atoms with Crippen LogP contribution in [0.25, 0.3) is 5.69 Å². The van der Waals surface area contributed by atoms with E-state index in [1.807, 2.05) is 0 Å². The van der Waals surface area contributed by atoms with Gasteiger partial charge in [0.05, 0.1) is 12.1 Å². The third-order valence-electron chi connectivity index (χ3n) is 2.48. The number of carbonyl (C=O) groups is 1. The molecule has 6 nitrogen and oxygen atoms in total. The van der Waals surface area contributed by atoms with Crippen molar-refractivity contribution in [1.29, 1.82) is 0 Å². The van der Waals surface area contributed by atoms with Crippen LogP contribution >= 0.6 is 0 Å². The van der Waals surface area contributed by atoms with E-state index in [2.05, 4.69) is 4.98 Å². The zero-order valence-corrected chi connectivity index (χ0v) is 9.59. The highest BCUT2D eigenvalue weighted by molar-refractivity contribution is 5.69. The van der Waals surface area contributed by atoms with Crippen molar-refractivity contribution in [2.24, 2.45) is 0 Å². The lowest BCUT2D eigenvalue weighted by Gasteiger charge is -2.05. The Morgan fingerprint density at radius 3 is 2.47 bits per heavy atom. The first-order valence-corrected chi connectivity index (χ1v) is 5.30. The Labute approximate surface area is 105 Å². The van der Waals surface area contributed by atoms with E-state index in [1.54, 1.807) is 0 Å². The quantitative estimate of drug-likeness (QED) is 0.833. The highest BCUT2D eigenvalue weighted by atomic mass is 19.1. The van der Waals surface area contributed by atoms with E-state index in [1.165, 1.54) is 12.1 Å². The molecule has 0 radical (unpaired) electrons. The van der Waals surface area contributed by atoms with E-state index >= 15 is 0 Å². The molecule has 2 rings (SSSR count). The van der Waals surface area contributed by atoms with Crippen LogP contribution in [-0.2, 0) is 11.2 Å². The molecule has 1 aromatic heterocycles. The molecule has 0 saturated carbocycles. The highest BCUT2D eigenvalue weighted by Crippen LogP contribution is 2.04. The highest BCUT2D eigenvalue weighted by Gasteiger charge is 2.11. The number of nitrogens with one attached hydrogen (secondary N) is 1. The number of carboxylic acid groups (broad SMARTS) is 1. The molecule has 0 aliphatic heterocycles. The molecule has 0 bridgehead atoms. The van der Waals surface area contributed by atoms with Gasteiger partial charge in [0.2, 0.25) is 0 Å². The third-order valence-corrected chi connectivity index (χ3v) is 2.48. The number of aromatic amines is 1. The average Bonchev–Trinajstić information content (AvgIpc) is 2.35. The predicted octanol–water partition coefficient (Wildman–Crippen LogP) is 0.292. The summed E-state index contributed by atoms with van der Waals surface area (Å²) in [7, 11) is 0. The molecule has 1 aromatic carbocycles. The van der Waals surface area contributed by atoms with Crippen LogP contribution in [0.1, 0.15) is 5.56 Å². The fourth-order valence-corrected chi connectivity index (χ4v) is 1.63. The van der Waals surface area contributed by atoms with E-state index in [9.17, 15) is 18.8 Å². The van der Waals surface area contributed by atoms with Crippen LogP contribution in [0.2, 0.25) is 0 Å². The molecule has 1 heterocycles. The number of aromatic nitrogens is 2. The maximum Gasteiger partial charge on any atom is 0.332 e. The molecular weight excluding hydrogens is 255 g/mol. The number of carboxylic acids is 1. The summed E-state index contributed by atoms with van der Waals surface area (Å²) in [5.74, 6) is -1.69. The van der Waals surface area contributed by atoms with Crippen LogP contribution in [0.5, 0.6) is 0 Å². The molecule has 98 valence electrons. The van der Waals surface area contributed by atoms with E-state index in [-0.39, 0.29) is 11.3 Å². The monoisotopic (exact) mass is 264 g/mol. The molecule has 0 fully saturated rings. The zero-order chi connectivity index (χ0) is 14.0. The van der Waals surface area contributed by atoms with Gasteiger partial charge in [-0.1, -0.05) is 0 Å². The fraction of sp³-hybridized carbons (Fsp3) is 0.0833. The van der Waals surface area contributed by atoms with Gasteiger partial charge in [0, 0.05) is 11.8 Å². The van der Waals surface area contributed by atoms with Crippen LogP contribution in [0.3, 0.4) is 0 Å². The molecule has 2 N–H and O–H groups in total. The van der Waals surface area contributed by atoms with Crippen molar-refractivity contribution >= 4 is 5.97 Å². The Hall–Kier alpha value is -2.70. The first-order valence-electron chi connectivity index (χ1n) is 5.30. The Kier molecular flexibility index (Phi) is 3.28. The molecule has 0 atom stereocenters. The first-order chi connectivity index (χ1) is 8.99. The van der Waals surface area contributed by atoms with Crippen molar-refractivity contribution in [1.82, 2.24) is 9.55 Å². The van der Waals surface area contributed by atoms with Gasteiger partial charge in [0.1, 0.15) is 5.82 Å². The van der Waals surface area contributed by atoms with Gasteiger partial charge >= 0.3 is 11.7 Å². The lowest BCUT2D eigenvalue weighted by atomic mass is 10.2. The number of H-pyrrole nitrogens is 1. The van der Waals surface area contributed by atoms with Crippen LogP contribution < -0.4 is 11.2 Å². The van der Waals surface area contributed by atoms with Gasteiger partial charge in [-0.3, -0.25) is 9.59 Å². The summed E-state index contributed by atoms with van der Waals surface area (Å²) in [4.78, 5) is 36.5. The largest absolute Gasteiger partial charge is 0.481 e. The van der Waals surface area contributed by atoms with Gasteiger partial charge in [0.25, 0.3) is 5.56 Å². The maximum absolute atomic E-state index is 12.8. The molecule has 7 heteroatoms. The second kappa shape index (κ2) is 4.89. The van der Waals surface area contributed by atoms with Gasteiger partial charge in [0.15, 0.2) is 0 Å². The van der Waals surface area contributed by atoms with Gasteiger partial charge in [-0.2, -0.15) is 0 Å². The summed E-state index contributed by atoms with van der Waals surface area (Å²) in [6.45, 7) is 0. The molecule has 2 aromatic rings. The SMILES string of the molecule is O=C(O)Cc1c[nH]c(=O)n(-c2ccc(F)cc2)c1=O. The predicted molar refractivity (Wildman–Crippen MR) is 64.0 cm³/mol. The molecule has 0 unspecified atom stereocenters. The Balaban J connectivity index is 2.63. The van der Waals surface area contributed by atoms with Gasteiger partial charge in [-0.05, 0) is 24.3 Å². The zero-order valence-electron chi connectivity index (χ0n) is 9.59. The minimum atomic E-state index is -1.19. The van der Waals surface area contributed by atoms with Crippen molar-refractivity contribution in [2.45, 2.75) is 6.42 Å². The van der Waals surface area contributed by atoms with E-state index in [0.29, 0.717) is 0 Å². The van der Waals surface area contributed by atoms with E-state index in [4.69, 9.17) is 5.11 Å². The van der Waals surface area contributed by atoms with Crippen molar-refractivity contribution < 1.29 is 14.3 Å². The molecule has 0 saturated heterocycles. The van der Waals surface area contributed by atoms with E-state index < -0.39 is 29.5 Å². The number of aliphatic carboxylic acids is 1. The summed E-state index contributed by atoms with van der Waals surface area (Å²) >= 11 is 0. The van der Waals surface area contributed by atoms with Crippen LogP contribution in [0.4, 0.5) is 4.39 Å². The summed E-state index contributed by atoms with van der Waals surface area (Å²) in [5, 5.41) is 8.67. The Morgan fingerprint density at radius 2 is 1.89 bits per heavy atom. The molecule has 0 amide bonds. The fourth-order valence-electron chi connectivity index (χ4n) is 1.63. The van der Waals surface area contributed by atoms with Gasteiger partial charge in [-0.25, -0.2) is 13.8 Å². The Bertz CT molecular complexity index is 731. The number of hydrogen-bond acceptors (Lipinski definition) is 3. The summed E-state index contributed by atoms with van der Waals surface area (Å²) in [6, 6.07) is 4.73. The number of hydrogen-bond donors (Lipinski definition) is 2. The van der Waals surface area contributed by atoms with Crippen molar-refractivity contribution in [3.05, 3.63) is 62.7 Å². The normalized spacial score (nSPS) is 10.4. The Morgan fingerprint density at radius 1 is 1.26 bits per heavy atom. The minimum Gasteiger partial charge on any atom is -0.481 e. The maximum atomic E-state index is 12.8. The van der Waals surface area contributed by atoms with Crippen molar-refractivity contribution in [3.63, 3.8) is 0 Å². The van der Waals surface area contributed by atoms with Gasteiger partial charge in [-0.15, -0.1) is 0 Å². The lowest BCUT2D eigenvalue weighted by Crippen LogP contribution is -2.36. The van der Waals surface area contributed by atoms with Crippen molar-refractivity contribution in [2.75, 3.05) is 0 Å². The van der Waals surface area contributed by atoms with Crippen LogP contribution in [-0.4, -0.2) is 20.6 Å². The van der Waals surface area contributed by atoms with E-state index in [0.717, 1.165) is 22.9 Å². The van der Waals surface area contributed by atoms with Crippen LogP contribution in [0.15, 0.2) is 40.1 Å². The van der Waals surface area contributed by atoms with Crippen LogP contribution in [0, 0.1) is 5.82 Å². The minimum absolute atomic E-state index is 0.0589. The number of halogens is 1. The third kappa shape index (κ3) is 2.59. The second-order valence-electron chi connectivity index (χ2n) is 3.81. The topological polar surface area (TPSA) is 92.2 Å². The number of nitrogens with zero attached hydrogens (tertiary/aromatic N) is 1. The number of benzene rings is 1. The first kappa shape index (κ1) is 12.7.